The predicted molar refractivity (Wildman–Crippen MR) is 130 cm³/mol. The number of carbonyl (C=O) groups excluding carboxylic acids is 2. The lowest BCUT2D eigenvalue weighted by Crippen LogP contribution is -2.52. The SMILES string of the molecule is O=C(C(=O)N1CCN(C(=NC2C=CCC=C2)c2ccccc2)CC1)c1c[nH]c2cccc(F)c12. The van der Waals surface area contributed by atoms with E-state index in [0.717, 1.165) is 17.8 Å². The van der Waals surface area contributed by atoms with Crippen molar-refractivity contribution in [3.8, 4) is 0 Å². The van der Waals surface area contributed by atoms with Gasteiger partial charge in [-0.05, 0) is 18.6 Å². The van der Waals surface area contributed by atoms with E-state index in [2.05, 4.69) is 34.2 Å². The number of amides is 1. The van der Waals surface area contributed by atoms with Crippen molar-refractivity contribution >= 4 is 28.4 Å². The lowest BCUT2D eigenvalue weighted by Gasteiger charge is -2.36. The van der Waals surface area contributed by atoms with Crippen LogP contribution in [0.4, 0.5) is 4.39 Å². The molecule has 1 N–H and O–H groups in total. The molecule has 0 bridgehead atoms. The molecule has 1 aromatic heterocycles. The highest BCUT2D eigenvalue weighted by atomic mass is 19.1. The van der Waals surface area contributed by atoms with Crippen LogP contribution in [-0.2, 0) is 4.79 Å². The van der Waals surface area contributed by atoms with Crippen molar-refractivity contribution in [3.63, 3.8) is 0 Å². The molecule has 0 radical (unpaired) electrons. The van der Waals surface area contributed by atoms with Crippen LogP contribution in [0.2, 0.25) is 0 Å². The molecular formula is C27H25FN4O2. The zero-order valence-electron chi connectivity index (χ0n) is 18.7. The van der Waals surface area contributed by atoms with E-state index in [1.165, 1.54) is 12.3 Å². The largest absolute Gasteiger partial charge is 0.360 e. The third-order valence-corrected chi connectivity index (χ3v) is 6.20. The number of hydrogen-bond donors (Lipinski definition) is 1. The molecule has 1 aliphatic heterocycles. The zero-order chi connectivity index (χ0) is 23.5. The topological polar surface area (TPSA) is 68.8 Å². The Bertz CT molecular complexity index is 1290. The summed E-state index contributed by atoms with van der Waals surface area (Å²) in [6.45, 7) is 1.87. The van der Waals surface area contributed by atoms with Crippen molar-refractivity contribution < 1.29 is 14.0 Å². The third-order valence-electron chi connectivity index (χ3n) is 6.20. The van der Waals surface area contributed by atoms with E-state index in [-0.39, 0.29) is 17.0 Å². The Hall–Kier alpha value is -4.00. The van der Waals surface area contributed by atoms with Crippen molar-refractivity contribution in [1.29, 1.82) is 0 Å². The second-order valence-corrected chi connectivity index (χ2v) is 8.37. The lowest BCUT2D eigenvalue weighted by atomic mass is 10.1. The Kier molecular flexibility index (Phi) is 6.08. The van der Waals surface area contributed by atoms with E-state index in [4.69, 9.17) is 4.99 Å². The summed E-state index contributed by atoms with van der Waals surface area (Å²) in [5.74, 6) is -0.951. The number of amidine groups is 1. The molecule has 1 saturated heterocycles. The third kappa shape index (κ3) is 4.29. The van der Waals surface area contributed by atoms with Crippen molar-refractivity contribution in [2.75, 3.05) is 26.2 Å². The van der Waals surface area contributed by atoms with Crippen LogP contribution in [0.5, 0.6) is 0 Å². The molecule has 1 amide bonds. The molecule has 2 heterocycles. The summed E-state index contributed by atoms with van der Waals surface area (Å²) >= 11 is 0. The van der Waals surface area contributed by atoms with Gasteiger partial charge in [0.25, 0.3) is 11.7 Å². The van der Waals surface area contributed by atoms with E-state index >= 15 is 0 Å². The van der Waals surface area contributed by atoms with Crippen LogP contribution in [0, 0.1) is 5.82 Å². The first-order valence-electron chi connectivity index (χ1n) is 11.4. The minimum atomic E-state index is -0.695. The van der Waals surface area contributed by atoms with Gasteiger partial charge in [0, 0.05) is 48.8 Å². The Morgan fingerprint density at radius 3 is 2.35 bits per heavy atom. The minimum Gasteiger partial charge on any atom is -0.360 e. The molecule has 3 aromatic rings. The zero-order valence-corrected chi connectivity index (χ0v) is 18.7. The maximum Gasteiger partial charge on any atom is 0.295 e. The molecule has 172 valence electrons. The van der Waals surface area contributed by atoms with Gasteiger partial charge < -0.3 is 14.8 Å². The summed E-state index contributed by atoms with van der Waals surface area (Å²) in [5, 5.41) is 0.159. The Labute approximate surface area is 197 Å². The van der Waals surface area contributed by atoms with Crippen molar-refractivity contribution in [3.05, 3.63) is 96.0 Å². The average molecular weight is 457 g/mol. The number of piperazine rings is 1. The predicted octanol–water partition coefficient (Wildman–Crippen LogP) is 3.97. The van der Waals surface area contributed by atoms with Crippen LogP contribution in [0.1, 0.15) is 22.3 Å². The molecule has 0 unspecified atom stereocenters. The minimum absolute atomic E-state index is 0.0260. The van der Waals surface area contributed by atoms with Crippen LogP contribution in [-0.4, -0.2) is 64.5 Å². The highest BCUT2D eigenvalue weighted by Gasteiger charge is 2.30. The molecular weight excluding hydrogens is 431 g/mol. The van der Waals surface area contributed by atoms with E-state index in [1.54, 1.807) is 17.0 Å². The summed E-state index contributed by atoms with van der Waals surface area (Å²) < 4.78 is 14.3. The standard InChI is InChI=1S/C27H25FN4O2/c28-22-12-7-13-23-24(22)21(18-29-23)25(33)27(34)32-16-14-31(15-17-32)26(19-8-3-1-4-9-19)30-20-10-5-2-6-11-20/h1,3-13,18,20,29H,2,14-17H2. The molecule has 0 spiro atoms. The highest BCUT2D eigenvalue weighted by molar-refractivity contribution is 6.44. The van der Waals surface area contributed by atoms with Gasteiger partial charge in [0.05, 0.1) is 11.6 Å². The van der Waals surface area contributed by atoms with Crippen LogP contribution in [0.3, 0.4) is 0 Å². The van der Waals surface area contributed by atoms with Crippen LogP contribution in [0.25, 0.3) is 10.9 Å². The molecule has 2 aliphatic rings. The highest BCUT2D eigenvalue weighted by Crippen LogP contribution is 2.23. The number of benzene rings is 2. The van der Waals surface area contributed by atoms with Gasteiger partial charge in [0.1, 0.15) is 11.7 Å². The molecule has 1 fully saturated rings. The maximum absolute atomic E-state index is 14.3. The number of H-pyrrole nitrogens is 1. The first-order chi connectivity index (χ1) is 16.6. The van der Waals surface area contributed by atoms with Gasteiger partial charge in [-0.2, -0.15) is 0 Å². The number of allylic oxidation sites excluding steroid dienone is 2. The number of rotatable bonds is 4. The fraction of sp³-hybridized carbons (Fsp3) is 0.222. The summed E-state index contributed by atoms with van der Waals surface area (Å²) in [6.07, 6.45) is 10.7. The molecule has 0 atom stereocenters. The van der Waals surface area contributed by atoms with Crippen molar-refractivity contribution in [2.45, 2.75) is 12.5 Å². The molecule has 2 aromatic carbocycles. The van der Waals surface area contributed by atoms with E-state index < -0.39 is 17.5 Å². The fourth-order valence-corrected chi connectivity index (χ4v) is 4.43. The van der Waals surface area contributed by atoms with E-state index in [9.17, 15) is 14.0 Å². The molecule has 5 rings (SSSR count). The number of aromatic amines is 1. The summed E-state index contributed by atoms with van der Waals surface area (Å²) in [4.78, 5) is 37.5. The molecule has 34 heavy (non-hydrogen) atoms. The number of nitrogens with one attached hydrogen (secondary N) is 1. The van der Waals surface area contributed by atoms with Crippen LogP contribution in [0.15, 0.2) is 84.0 Å². The van der Waals surface area contributed by atoms with Gasteiger partial charge in [-0.1, -0.05) is 60.7 Å². The maximum atomic E-state index is 14.3. The molecule has 1 aliphatic carbocycles. The number of hydrogen-bond acceptors (Lipinski definition) is 3. The Morgan fingerprint density at radius 2 is 1.62 bits per heavy atom. The normalized spacial score (nSPS) is 16.9. The van der Waals surface area contributed by atoms with Gasteiger partial charge in [-0.3, -0.25) is 14.6 Å². The Balaban J connectivity index is 1.32. The quantitative estimate of drug-likeness (QED) is 0.212. The first kappa shape index (κ1) is 21.8. The van der Waals surface area contributed by atoms with Gasteiger partial charge >= 0.3 is 0 Å². The van der Waals surface area contributed by atoms with E-state index in [1.807, 2.05) is 30.3 Å². The fourth-order valence-electron chi connectivity index (χ4n) is 4.43. The average Bonchev–Trinajstić information content (AvgIpc) is 3.33. The number of halogens is 1. The first-order valence-corrected chi connectivity index (χ1v) is 11.4. The molecule has 0 saturated carbocycles. The number of aliphatic imine (C=N–C) groups is 1. The number of carbonyl (C=O) groups is 2. The van der Waals surface area contributed by atoms with Gasteiger partial charge in [0.2, 0.25) is 0 Å². The van der Waals surface area contributed by atoms with Gasteiger partial charge in [-0.15, -0.1) is 0 Å². The summed E-state index contributed by atoms with van der Waals surface area (Å²) in [6, 6.07) is 14.5. The van der Waals surface area contributed by atoms with Gasteiger partial charge in [-0.25, -0.2) is 4.39 Å². The summed E-state index contributed by atoms with van der Waals surface area (Å²) in [7, 11) is 0. The number of nitrogens with zero attached hydrogens (tertiary/aromatic N) is 3. The molecule has 7 heteroatoms. The number of ketones is 1. The monoisotopic (exact) mass is 456 g/mol. The second kappa shape index (κ2) is 9.47. The van der Waals surface area contributed by atoms with Crippen LogP contribution < -0.4 is 0 Å². The van der Waals surface area contributed by atoms with Crippen molar-refractivity contribution in [2.24, 2.45) is 4.99 Å². The number of aromatic nitrogens is 1. The number of Topliss-reactive ketones (excluding diaryl/α,β-unsaturated/α-hetero) is 1. The smallest absolute Gasteiger partial charge is 0.295 e. The second-order valence-electron chi connectivity index (χ2n) is 8.37. The number of fused-ring (bicyclic) bond motifs is 1. The molecule has 6 nitrogen and oxygen atoms in total. The van der Waals surface area contributed by atoms with E-state index in [0.29, 0.717) is 31.7 Å². The van der Waals surface area contributed by atoms with Crippen molar-refractivity contribution in [1.82, 2.24) is 14.8 Å². The summed E-state index contributed by atoms with van der Waals surface area (Å²) in [5.41, 5.74) is 1.58. The Morgan fingerprint density at radius 1 is 0.912 bits per heavy atom. The lowest BCUT2D eigenvalue weighted by molar-refractivity contribution is -0.127. The van der Waals surface area contributed by atoms with Gasteiger partial charge in [0.15, 0.2) is 0 Å². The van der Waals surface area contributed by atoms with Crippen LogP contribution >= 0.6 is 0 Å².